The number of fused-ring (bicyclic) bond motifs is 1. The Labute approximate surface area is 77.9 Å². The molecule has 0 spiro atoms. The summed E-state index contributed by atoms with van der Waals surface area (Å²) in [6, 6.07) is 2.11. The normalized spacial score (nSPS) is 10.7. The molecule has 1 aromatic carbocycles. The second-order valence-corrected chi connectivity index (χ2v) is 2.88. The van der Waals surface area contributed by atoms with Gasteiger partial charge < -0.3 is 0 Å². The van der Waals surface area contributed by atoms with Crippen molar-refractivity contribution in [1.82, 2.24) is 9.78 Å². The maximum Gasteiger partial charge on any atom is 0.283 e. The van der Waals surface area contributed by atoms with Gasteiger partial charge in [-0.1, -0.05) is 0 Å². The maximum absolute atomic E-state index is 13.0. The highest BCUT2D eigenvalue weighted by atomic mass is 19.1. The lowest BCUT2D eigenvalue weighted by atomic mass is 10.2. The van der Waals surface area contributed by atoms with Crippen LogP contribution < -0.4 is 0 Å². The number of nitro groups is 1. The molecule has 5 nitrogen and oxygen atoms in total. The van der Waals surface area contributed by atoms with Crippen molar-refractivity contribution in [3.8, 4) is 0 Å². The summed E-state index contributed by atoms with van der Waals surface area (Å²) < 4.78 is 14.4. The molecule has 1 heterocycles. The molecule has 0 amide bonds. The monoisotopic (exact) mass is 195 g/mol. The van der Waals surface area contributed by atoms with Crippen LogP contribution in [0.1, 0.15) is 0 Å². The number of nitro benzene ring substituents is 1. The van der Waals surface area contributed by atoms with Crippen LogP contribution in [0.4, 0.5) is 10.1 Å². The quantitative estimate of drug-likeness (QED) is 0.513. The van der Waals surface area contributed by atoms with Gasteiger partial charge in [0.2, 0.25) is 0 Å². The zero-order valence-corrected chi connectivity index (χ0v) is 7.27. The zero-order chi connectivity index (χ0) is 10.3. The zero-order valence-electron chi connectivity index (χ0n) is 7.27. The van der Waals surface area contributed by atoms with Crippen LogP contribution in [0.3, 0.4) is 0 Å². The Morgan fingerprint density at radius 3 is 2.93 bits per heavy atom. The Bertz CT molecular complexity index is 521. The summed E-state index contributed by atoms with van der Waals surface area (Å²) in [5, 5.41) is 14.7. The molecule has 0 aliphatic rings. The first-order chi connectivity index (χ1) is 6.59. The van der Waals surface area contributed by atoms with E-state index in [4.69, 9.17) is 0 Å². The summed E-state index contributed by atoms with van der Waals surface area (Å²) in [7, 11) is 1.60. The first-order valence-electron chi connectivity index (χ1n) is 3.85. The van der Waals surface area contributed by atoms with Crippen LogP contribution in [-0.2, 0) is 7.05 Å². The molecule has 0 aliphatic carbocycles. The fraction of sp³-hybridized carbons (Fsp3) is 0.125. The Morgan fingerprint density at radius 1 is 1.57 bits per heavy atom. The molecule has 0 saturated carbocycles. The fourth-order valence-corrected chi connectivity index (χ4v) is 1.35. The van der Waals surface area contributed by atoms with E-state index in [-0.39, 0.29) is 5.69 Å². The van der Waals surface area contributed by atoms with E-state index in [1.165, 1.54) is 16.9 Å². The number of non-ortho nitro benzene ring substituents is 1. The van der Waals surface area contributed by atoms with E-state index in [0.29, 0.717) is 10.9 Å². The van der Waals surface area contributed by atoms with Gasteiger partial charge in [-0.15, -0.1) is 0 Å². The van der Waals surface area contributed by atoms with Gasteiger partial charge in [0.15, 0.2) is 0 Å². The third-order valence-corrected chi connectivity index (χ3v) is 2.01. The van der Waals surface area contributed by atoms with Gasteiger partial charge in [-0.25, -0.2) is 4.39 Å². The van der Waals surface area contributed by atoms with Gasteiger partial charge in [-0.2, -0.15) is 5.10 Å². The van der Waals surface area contributed by atoms with Crippen molar-refractivity contribution < 1.29 is 9.31 Å². The highest BCUT2D eigenvalue weighted by Crippen LogP contribution is 2.25. The minimum Gasteiger partial charge on any atom is -0.268 e. The predicted molar refractivity (Wildman–Crippen MR) is 47.3 cm³/mol. The molecule has 0 radical (unpaired) electrons. The molecule has 0 N–H and O–H groups in total. The number of aryl methyl sites for hydroxylation is 1. The molecular weight excluding hydrogens is 189 g/mol. The molecule has 72 valence electrons. The van der Waals surface area contributed by atoms with Gasteiger partial charge in [0, 0.05) is 13.1 Å². The van der Waals surface area contributed by atoms with Crippen LogP contribution in [0.5, 0.6) is 0 Å². The maximum atomic E-state index is 13.0. The summed E-state index contributed by atoms with van der Waals surface area (Å²) in [6.45, 7) is 0. The van der Waals surface area contributed by atoms with Gasteiger partial charge in [-0.3, -0.25) is 14.8 Å². The molecule has 2 rings (SSSR count). The van der Waals surface area contributed by atoms with Crippen LogP contribution in [0.15, 0.2) is 18.3 Å². The standard InChI is InChI=1S/C8H6FN3O2/c1-11-7-2-5(9)3-8(12(13)14)6(7)4-10-11/h2-4H,1H3. The Hall–Kier alpha value is -1.98. The number of halogens is 1. The first kappa shape index (κ1) is 8.61. The predicted octanol–water partition coefficient (Wildman–Crippen LogP) is 1.62. The Morgan fingerprint density at radius 2 is 2.29 bits per heavy atom. The van der Waals surface area contributed by atoms with E-state index in [0.717, 1.165) is 6.07 Å². The van der Waals surface area contributed by atoms with Crippen molar-refractivity contribution in [3.05, 3.63) is 34.3 Å². The summed E-state index contributed by atoms with van der Waals surface area (Å²) in [5.74, 6) is -0.632. The average Bonchev–Trinajstić information content (AvgIpc) is 2.47. The minimum absolute atomic E-state index is 0.256. The van der Waals surface area contributed by atoms with E-state index >= 15 is 0 Å². The van der Waals surface area contributed by atoms with Crippen molar-refractivity contribution in [2.75, 3.05) is 0 Å². The molecule has 2 aromatic rings. The summed E-state index contributed by atoms with van der Waals surface area (Å²) in [5.41, 5.74) is 0.157. The molecule has 6 heteroatoms. The lowest BCUT2D eigenvalue weighted by Gasteiger charge is -1.96. The minimum atomic E-state index is -0.632. The summed E-state index contributed by atoms with van der Waals surface area (Å²) >= 11 is 0. The smallest absolute Gasteiger partial charge is 0.268 e. The molecule has 0 bridgehead atoms. The largest absolute Gasteiger partial charge is 0.283 e. The van der Waals surface area contributed by atoms with Crippen LogP contribution in [-0.4, -0.2) is 14.7 Å². The van der Waals surface area contributed by atoms with Gasteiger partial charge in [0.1, 0.15) is 5.82 Å². The Kier molecular flexibility index (Phi) is 1.70. The van der Waals surface area contributed by atoms with Gasteiger partial charge >= 0.3 is 0 Å². The molecular formula is C8H6FN3O2. The van der Waals surface area contributed by atoms with E-state index in [1.54, 1.807) is 7.05 Å². The van der Waals surface area contributed by atoms with Crippen LogP contribution in [0.2, 0.25) is 0 Å². The molecule has 0 fully saturated rings. The molecule has 0 unspecified atom stereocenters. The third kappa shape index (κ3) is 1.12. The molecule has 0 aliphatic heterocycles. The lowest BCUT2D eigenvalue weighted by molar-refractivity contribution is -0.383. The number of benzene rings is 1. The second kappa shape index (κ2) is 2.76. The van der Waals surface area contributed by atoms with Crippen molar-refractivity contribution >= 4 is 16.6 Å². The van der Waals surface area contributed by atoms with Gasteiger partial charge in [0.05, 0.1) is 28.1 Å². The molecule has 0 saturated heterocycles. The van der Waals surface area contributed by atoms with Crippen LogP contribution in [0.25, 0.3) is 10.9 Å². The number of nitrogens with zero attached hydrogens (tertiary/aromatic N) is 3. The van der Waals surface area contributed by atoms with E-state index in [2.05, 4.69) is 5.10 Å². The average molecular weight is 195 g/mol. The van der Waals surface area contributed by atoms with E-state index < -0.39 is 10.7 Å². The second-order valence-electron chi connectivity index (χ2n) is 2.88. The third-order valence-electron chi connectivity index (χ3n) is 2.01. The van der Waals surface area contributed by atoms with E-state index in [9.17, 15) is 14.5 Å². The lowest BCUT2D eigenvalue weighted by Crippen LogP contribution is -1.92. The van der Waals surface area contributed by atoms with Crippen LogP contribution >= 0.6 is 0 Å². The molecule has 1 aromatic heterocycles. The molecule has 14 heavy (non-hydrogen) atoms. The van der Waals surface area contributed by atoms with Crippen molar-refractivity contribution in [2.24, 2.45) is 7.05 Å². The number of rotatable bonds is 1. The topological polar surface area (TPSA) is 61.0 Å². The number of aromatic nitrogens is 2. The number of hydrogen-bond donors (Lipinski definition) is 0. The van der Waals surface area contributed by atoms with Gasteiger partial charge in [0.25, 0.3) is 5.69 Å². The highest BCUT2D eigenvalue weighted by molar-refractivity contribution is 5.87. The van der Waals surface area contributed by atoms with Crippen LogP contribution in [0, 0.1) is 15.9 Å². The van der Waals surface area contributed by atoms with Crippen molar-refractivity contribution in [2.45, 2.75) is 0 Å². The highest BCUT2D eigenvalue weighted by Gasteiger charge is 2.16. The van der Waals surface area contributed by atoms with Crippen molar-refractivity contribution in [1.29, 1.82) is 0 Å². The SMILES string of the molecule is Cn1ncc2c([N+](=O)[O-])cc(F)cc21. The van der Waals surface area contributed by atoms with E-state index in [1.807, 2.05) is 0 Å². The summed E-state index contributed by atoms with van der Waals surface area (Å²) in [6.07, 6.45) is 1.35. The van der Waals surface area contributed by atoms with Crippen molar-refractivity contribution in [3.63, 3.8) is 0 Å². The Balaban J connectivity index is 2.88. The number of hydrogen-bond acceptors (Lipinski definition) is 3. The molecule has 0 atom stereocenters. The fourth-order valence-electron chi connectivity index (χ4n) is 1.35. The summed E-state index contributed by atoms with van der Waals surface area (Å²) in [4.78, 5) is 9.96. The first-order valence-corrected chi connectivity index (χ1v) is 3.85. The van der Waals surface area contributed by atoms with Gasteiger partial charge in [-0.05, 0) is 0 Å².